The van der Waals surface area contributed by atoms with Gasteiger partial charge in [-0.2, -0.15) is 5.26 Å². The summed E-state index contributed by atoms with van der Waals surface area (Å²) in [5.74, 6) is -0.234. The van der Waals surface area contributed by atoms with Crippen molar-refractivity contribution < 1.29 is 9.18 Å². The molecule has 4 nitrogen and oxygen atoms in total. The lowest BCUT2D eigenvalue weighted by molar-refractivity contribution is -0.123. The monoisotopic (exact) mass is 431 g/mol. The van der Waals surface area contributed by atoms with Gasteiger partial charge in [-0.1, -0.05) is 54.0 Å². The van der Waals surface area contributed by atoms with Crippen LogP contribution in [0.25, 0.3) is 0 Å². The van der Waals surface area contributed by atoms with Gasteiger partial charge in [0.2, 0.25) is 5.91 Å². The Morgan fingerprint density at radius 1 is 1.11 bits per heavy atom. The average Bonchev–Trinajstić information content (AvgIpc) is 2.64. The summed E-state index contributed by atoms with van der Waals surface area (Å²) in [6, 6.07) is 15.2. The van der Waals surface area contributed by atoms with Crippen LogP contribution in [0.3, 0.4) is 0 Å². The number of hydrogen-bond acceptors (Lipinski definition) is 3. The van der Waals surface area contributed by atoms with Crippen LogP contribution in [0.1, 0.15) is 37.4 Å². The van der Waals surface area contributed by atoms with Crippen molar-refractivity contribution >= 4 is 21.8 Å². The summed E-state index contributed by atoms with van der Waals surface area (Å²) in [6.45, 7) is 4.05. The number of nitrogens with one attached hydrogen (secondary N) is 2. The molecule has 142 valence electrons. The maximum atomic E-state index is 13.4. The van der Waals surface area contributed by atoms with E-state index < -0.39 is 6.04 Å². The highest BCUT2D eigenvalue weighted by Gasteiger charge is 2.25. The molecule has 0 saturated carbocycles. The number of nitrogens with zero attached hydrogens (tertiary/aromatic N) is 1. The summed E-state index contributed by atoms with van der Waals surface area (Å²) in [6.07, 6.45) is 0.617. The molecule has 0 heterocycles. The Labute approximate surface area is 167 Å². The molecule has 1 amide bonds. The van der Waals surface area contributed by atoms with E-state index in [1.807, 2.05) is 44.2 Å². The van der Waals surface area contributed by atoms with Gasteiger partial charge in [0.05, 0.1) is 18.2 Å². The van der Waals surface area contributed by atoms with Crippen LogP contribution < -0.4 is 10.6 Å². The van der Waals surface area contributed by atoms with E-state index >= 15 is 0 Å². The van der Waals surface area contributed by atoms with E-state index in [0.717, 1.165) is 15.6 Å². The van der Waals surface area contributed by atoms with Crippen molar-refractivity contribution in [2.45, 2.75) is 32.4 Å². The smallest absolute Gasteiger partial charge is 0.237 e. The van der Waals surface area contributed by atoms with Gasteiger partial charge >= 0.3 is 0 Å². The number of halogens is 2. The largest absolute Gasteiger partial charge is 0.342 e. The Morgan fingerprint density at radius 2 is 1.67 bits per heavy atom. The zero-order chi connectivity index (χ0) is 19.8. The van der Waals surface area contributed by atoms with Crippen molar-refractivity contribution in [1.29, 1.82) is 5.26 Å². The molecule has 0 fully saturated rings. The first kappa shape index (κ1) is 21.1. The molecule has 2 atom stereocenters. The van der Waals surface area contributed by atoms with Gasteiger partial charge in [0.1, 0.15) is 12.4 Å². The summed E-state index contributed by atoms with van der Waals surface area (Å²) in [5, 5.41) is 14.8. The normalized spacial score (nSPS) is 13.0. The number of rotatable bonds is 8. The molecule has 2 N–H and O–H groups in total. The fourth-order valence-corrected chi connectivity index (χ4v) is 3.13. The number of nitriles is 1. The molecule has 2 aromatic rings. The number of amides is 1. The van der Waals surface area contributed by atoms with Gasteiger partial charge in [-0.3, -0.25) is 10.1 Å². The minimum Gasteiger partial charge on any atom is -0.342 e. The number of benzene rings is 2. The third kappa shape index (κ3) is 6.46. The van der Waals surface area contributed by atoms with E-state index in [0.29, 0.717) is 6.42 Å². The predicted octanol–water partition coefficient (Wildman–Crippen LogP) is 4.32. The summed E-state index contributed by atoms with van der Waals surface area (Å²) in [7, 11) is 0. The van der Waals surface area contributed by atoms with Gasteiger partial charge in [-0.15, -0.1) is 0 Å². The molecule has 6 heteroatoms. The van der Waals surface area contributed by atoms with E-state index in [9.17, 15) is 9.18 Å². The fourth-order valence-electron chi connectivity index (χ4n) is 2.87. The van der Waals surface area contributed by atoms with Crippen molar-refractivity contribution in [3.8, 4) is 6.07 Å². The Bertz CT molecular complexity index is 739. The lowest BCUT2D eigenvalue weighted by Crippen LogP contribution is -2.46. The Kier molecular flexibility index (Phi) is 7.96. The first-order valence-electron chi connectivity index (χ1n) is 8.82. The maximum absolute atomic E-state index is 13.4. The van der Waals surface area contributed by atoms with Gasteiger partial charge in [-0.05, 0) is 47.7 Å². The molecule has 0 aliphatic heterocycles. The molecule has 0 aliphatic carbocycles. The maximum Gasteiger partial charge on any atom is 0.237 e. The second kappa shape index (κ2) is 10.2. The molecule has 0 spiro atoms. The SMILES string of the molecule is CC(C)C[C@H](N[C@H](c1ccc(F)cc1)c1ccc(Br)cc1)C(=O)NCC#N. The molecule has 27 heavy (non-hydrogen) atoms. The second-order valence-corrected chi connectivity index (χ2v) is 7.68. The quantitative estimate of drug-likeness (QED) is 0.611. The van der Waals surface area contributed by atoms with Crippen LogP contribution >= 0.6 is 15.9 Å². The van der Waals surface area contributed by atoms with Gasteiger partial charge < -0.3 is 5.32 Å². The lowest BCUT2D eigenvalue weighted by atomic mass is 9.95. The average molecular weight is 432 g/mol. The lowest BCUT2D eigenvalue weighted by Gasteiger charge is -2.27. The highest BCUT2D eigenvalue weighted by Crippen LogP contribution is 2.25. The minimum absolute atomic E-state index is 0.0331. The van der Waals surface area contributed by atoms with Crippen LogP contribution in [0, 0.1) is 23.1 Å². The van der Waals surface area contributed by atoms with Crippen LogP contribution in [0.5, 0.6) is 0 Å². The fraction of sp³-hybridized carbons (Fsp3) is 0.333. The van der Waals surface area contributed by atoms with E-state index in [1.165, 1.54) is 12.1 Å². The number of carbonyl (C=O) groups is 1. The molecule has 0 aliphatic rings. The van der Waals surface area contributed by atoms with Crippen LogP contribution in [-0.2, 0) is 4.79 Å². The molecule has 0 saturated heterocycles. The van der Waals surface area contributed by atoms with E-state index in [4.69, 9.17) is 5.26 Å². The summed E-state index contributed by atoms with van der Waals surface area (Å²) >= 11 is 3.43. The van der Waals surface area contributed by atoms with Crippen molar-refractivity contribution in [3.05, 3.63) is 69.9 Å². The zero-order valence-corrected chi connectivity index (χ0v) is 17.0. The van der Waals surface area contributed by atoms with Gasteiger partial charge in [-0.25, -0.2) is 4.39 Å². The number of hydrogen-bond donors (Lipinski definition) is 2. The molecular formula is C21H23BrFN3O. The minimum atomic E-state index is -0.475. The third-order valence-corrected chi connectivity index (χ3v) is 4.67. The highest BCUT2D eigenvalue weighted by atomic mass is 79.9. The van der Waals surface area contributed by atoms with Crippen molar-refractivity contribution in [2.75, 3.05) is 6.54 Å². The standard InChI is InChI=1S/C21H23BrFN3O/c1-14(2)13-19(21(27)25-12-11-24)26-20(15-3-7-17(22)8-4-15)16-5-9-18(23)10-6-16/h3-10,14,19-20,26H,12-13H2,1-2H3,(H,25,27)/t19-,20-/m0/s1. The van der Waals surface area contributed by atoms with Gasteiger partial charge in [0.15, 0.2) is 0 Å². The number of carbonyl (C=O) groups excluding carboxylic acids is 1. The Balaban J connectivity index is 2.35. The topological polar surface area (TPSA) is 64.9 Å². The summed E-state index contributed by atoms with van der Waals surface area (Å²) in [4.78, 5) is 12.6. The zero-order valence-electron chi connectivity index (χ0n) is 15.4. The van der Waals surface area contributed by atoms with Crippen LogP contribution in [0.2, 0.25) is 0 Å². The first-order valence-corrected chi connectivity index (χ1v) is 9.61. The van der Waals surface area contributed by atoms with Crippen LogP contribution in [0.4, 0.5) is 4.39 Å². The van der Waals surface area contributed by atoms with Gasteiger partial charge in [0, 0.05) is 4.47 Å². The second-order valence-electron chi connectivity index (χ2n) is 6.76. The van der Waals surface area contributed by atoms with E-state index in [1.54, 1.807) is 12.1 Å². The highest BCUT2D eigenvalue weighted by molar-refractivity contribution is 9.10. The van der Waals surface area contributed by atoms with E-state index in [-0.39, 0.29) is 30.2 Å². The third-order valence-electron chi connectivity index (χ3n) is 4.14. The molecule has 0 radical (unpaired) electrons. The molecule has 0 unspecified atom stereocenters. The summed E-state index contributed by atoms with van der Waals surface area (Å²) < 4.78 is 14.3. The molecular weight excluding hydrogens is 409 g/mol. The molecule has 0 aromatic heterocycles. The molecule has 0 bridgehead atoms. The first-order chi connectivity index (χ1) is 12.9. The molecule has 2 aromatic carbocycles. The Morgan fingerprint density at radius 3 is 2.19 bits per heavy atom. The van der Waals surface area contributed by atoms with Gasteiger partial charge in [0.25, 0.3) is 0 Å². The van der Waals surface area contributed by atoms with Crippen LogP contribution in [0.15, 0.2) is 53.0 Å². The van der Waals surface area contributed by atoms with Crippen LogP contribution in [-0.4, -0.2) is 18.5 Å². The molecule has 2 rings (SSSR count). The predicted molar refractivity (Wildman–Crippen MR) is 107 cm³/mol. The van der Waals surface area contributed by atoms with E-state index in [2.05, 4.69) is 26.6 Å². The Hall–Kier alpha value is -2.23. The summed E-state index contributed by atoms with van der Waals surface area (Å²) in [5.41, 5.74) is 1.83. The van der Waals surface area contributed by atoms with Crippen molar-refractivity contribution in [3.63, 3.8) is 0 Å². The van der Waals surface area contributed by atoms with Crippen molar-refractivity contribution in [2.24, 2.45) is 5.92 Å². The van der Waals surface area contributed by atoms with Crippen molar-refractivity contribution in [1.82, 2.24) is 10.6 Å².